The maximum atomic E-state index is 15.4. The van der Waals surface area contributed by atoms with Gasteiger partial charge in [0.25, 0.3) is 0 Å². The number of aromatic nitrogens is 1. The van der Waals surface area contributed by atoms with Gasteiger partial charge in [0.05, 0.1) is 19.2 Å². The molecular formula is C38H47FN2O4. The van der Waals surface area contributed by atoms with E-state index in [0.717, 1.165) is 72.1 Å². The minimum atomic E-state index is -0.751. The van der Waals surface area contributed by atoms with E-state index >= 15 is 4.39 Å². The molecule has 0 radical (unpaired) electrons. The average Bonchev–Trinajstić information content (AvgIpc) is 3.84. The van der Waals surface area contributed by atoms with Gasteiger partial charge in [-0.15, -0.1) is 0 Å². The largest absolute Gasteiger partial charge is 0.485 e. The highest BCUT2D eigenvalue weighted by molar-refractivity contribution is 5.71. The van der Waals surface area contributed by atoms with E-state index in [1.165, 1.54) is 12.6 Å². The number of fused-ring (bicyclic) bond motifs is 1. The fourth-order valence-electron chi connectivity index (χ4n) is 7.99. The Morgan fingerprint density at radius 2 is 1.80 bits per heavy atom. The Hall–Kier alpha value is -3.45. The van der Waals surface area contributed by atoms with E-state index in [1.54, 1.807) is 13.2 Å². The maximum Gasteiger partial charge on any atom is 0.306 e. The molecule has 2 aromatic carbocycles. The van der Waals surface area contributed by atoms with Crippen molar-refractivity contribution in [3.8, 4) is 22.8 Å². The lowest BCUT2D eigenvalue weighted by Crippen LogP contribution is -2.57. The summed E-state index contributed by atoms with van der Waals surface area (Å²) in [5.41, 5.74) is 5.63. The topological polar surface area (TPSA) is 71.9 Å². The molecule has 3 aliphatic rings. The van der Waals surface area contributed by atoms with Crippen LogP contribution in [0.25, 0.3) is 11.1 Å². The van der Waals surface area contributed by atoms with E-state index in [2.05, 4.69) is 67.9 Å². The van der Waals surface area contributed by atoms with Crippen molar-refractivity contribution in [1.82, 2.24) is 9.88 Å². The SMILES string of the molecule is COc1cc(-c2ccc([C@@H]3CCc4ccc(C(C5CC5)[C@H](C)C(=O)O)cc4O3)cc2CN2C(C)(C)CCCC2(C)C)c(F)cn1. The lowest BCUT2D eigenvalue weighted by molar-refractivity contribution is -0.142. The second-order valence-electron chi connectivity index (χ2n) is 14.7. The van der Waals surface area contributed by atoms with Gasteiger partial charge in [-0.05, 0) is 118 Å². The number of piperidine rings is 1. The number of pyridine rings is 1. The minimum Gasteiger partial charge on any atom is -0.485 e. The first kappa shape index (κ1) is 31.5. The molecule has 2 fully saturated rings. The second-order valence-corrected chi connectivity index (χ2v) is 14.7. The third kappa shape index (κ3) is 6.33. The lowest BCUT2D eigenvalue weighted by Gasteiger charge is -2.53. The number of ether oxygens (including phenoxy) is 2. The number of hydrogen-bond acceptors (Lipinski definition) is 5. The van der Waals surface area contributed by atoms with E-state index in [-0.39, 0.29) is 28.9 Å². The Morgan fingerprint density at radius 3 is 2.47 bits per heavy atom. The van der Waals surface area contributed by atoms with Gasteiger partial charge in [-0.1, -0.05) is 37.3 Å². The molecule has 3 heterocycles. The molecule has 0 amide bonds. The first-order valence-corrected chi connectivity index (χ1v) is 16.5. The number of carboxylic acids is 1. The van der Waals surface area contributed by atoms with Crippen LogP contribution in [0.4, 0.5) is 4.39 Å². The number of nitrogens with zero attached hydrogens (tertiary/aromatic N) is 2. The highest BCUT2D eigenvalue weighted by Crippen LogP contribution is 2.49. The zero-order valence-corrected chi connectivity index (χ0v) is 27.5. The molecule has 7 heteroatoms. The molecule has 1 saturated heterocycles. The minimum absolute atomic E-state index is 0.00818. The van der Waals surface area contributed by atoms with Gasteiger partial charge in [-0.25, -0.2) is 9.37 Å². The van der Waals surface area contributed by atoms with Crippen LogP contribution in [0.1, 0.15) is 107 Å². The lowest BCUT2D eigenvalue weighted by atomic mass is 9.79. The number of aryl methyl sites for hydroxylation is 1. The first-order valence-electron chi connectivity index (χ1n) is 16.5. The van der Waals surface area contributed by atoms with E-state index in [4.69, 9.17) is 9.47 Å². The van der Waals surface area contributed by atoms with Gasteiger partial charge in [-0.2, -0.15) is 0 Å². The fraction of sp³-hybridized carbons (Fsp3) is 0.526. The molecule has 1 aliphatic carbocycles. The van der Waals surface area contributed by atoms with Crippen molar-refractivity contribution in [2.45, 2.75) is 109 Å². The Labute approximate surface area is 267 Å². The van der Waals surface area contributed by atoms with E-state index < -0.39 is 11.9 Å². The number of hydrogen-bond donors (Lipinski definition) is 1. The van der Waals surface area contributed by atoms with Crippen LogP contribution in [0.3, 0.4) is 0 Å². The molecule has 0 spiro atoms. The van der Waals surface area contributed by atoms with Gasteiger partial charge in [0.2, 0.25) is 5.88 Å². The first-order chi connectivity index (χ1) is 21.4. The van der Waals surface area contributed by atoms with Crippen molar-refractivity contribution in [2.24, 2.45) is 11.8 Å². The molecule has 2 aliphatic heterocycles. The van der Waals surface area contributed by atoms with Gasteiger partial charge in [-0.3, -0.25) is 9.69 Å². The van der Waals surface area contributed by atoms with Gasteiger partial charge in [0.15, 0.2) is 0 Å². The van der Waals surface area contributed by atoms with Crippen LogP contribution in [0.5, 0.6) is 11.6 Å². The summed E-state index contributed by atoms with van der Waals surface area (Å²) in [4.78, 5) is 18.6. The van der Waals surface area contributed by atoms with Crippen molar-refractivity contribution in [1.29, 1.82) is 0 Å². The number of aliphatic carboxylic acids is 1. The van der Waals surface area contributed by atoms with Gasteiger partial charge in [0, 0.05) is 29.3 Å². The normalized spacial score (nSPS) is 22.2. The second kappa shape index (κ2) is 12.1. The highest BCUT2D eigenvalue weighted by Gasteiger charge is 2.42. The van der Waals surface area contributed by atoms with Crippen LogP contribution >= 0.6 is 0 Å². The number of halogens is 1. The molecule has 1 aromatic heterocycles. The van der Waals surface area contributed by atoms with Gasteiger partial charge >= 0.3 is 5.97 Å². The van der Waals surface area contributed by atoms with Crippen LogP contribution < -0.4 is 9.47 Å². The molecule has 6 rings (SSSR count). The number of rotatable bonds is 9. The van der Waals surface area contributed by atoms with Crippen LogP contribution in [0, 0.1) is 17.7 Å². The maximum absolute atomic E-state index is 15.4. The van der Waals surface area contributed by atoms with Crippen molar-refractivity contribution < 1.29 is 23.8 Å². The molecule has 3 atom stereocenters. The summed E-state index contributed by atoms with van der Waals surface area (Å²) in [6.07, 6.45) is 8.34. The predicted molar refractivity (Wildman–Crippen MR) is 174 cm³/mol. The van der Waals surface area contributed by atoms with E-state index in [1.807, 2.05) is 13.0 Å². The fourth-order valence-corrected chi connectivity index (χ4v) is 7.99. The highest BCUT2D eigenvalue weighted by atomic mass is 19.1. The molecule has 240 valence electrons. The Kier molecular flexibility index (Phi) is 8.44. The summed E-state index contributed by atoms with van der Waals surface area (Å²) in [7, 11) is 1.55. The van der Waals surface area contributed by atoms with E-state index in [0.29, 0.717) is 23.9 Å². The van der Waals surface area contributed by atoms with Gasteiger partial charge < -0.3 is 14.6 Å². The number of carbonyl (C=O) groups is 1. The molecule has 1 N–H and O–H groups in total. The standard InChI is InChI=1S/C38H47FN2O4/c1-23(36(42)43)35(25-9-10-25)27-11-8-24-13-15-32(45-33(24)19-27)26-12-14-29(30-20-34(44-6)40-21-31(30)39)28(18-26)22-41-37(2,3)16-7-17-38(41,4)5/h8,11-12,14,18-21,23,25,32,35H,7,9-10,13,15-17,22H2,1-6H3,(H,42,43)/t23-,32-,35?/m0/s1. The zero-order chi connectivity index (χ0) is 32.1. The summed E-state index contributed by atoms with van der Waals surface area (Å²) in [6, 6.07) is 14.3. The Morgan fingerprint density at radius 1 is 1.07 bits per heavy atom. The summed E-state index contributed by atoms with van der Waals surface area (Å²) in [5.74, 6) is 0.0638. The molecule has 0 bridgehead atoms. The van der Waals surface area contributed by atoms with Crippen LogP contribution in [0.15, 0.2) is 48.7 Å². The number of likely N-dealkylation sites (tertiary alicyclic amines) is 1. The molecule has 1 saturated carbocycles. The molecule has 45 heavy (non-hydrogen) atoms. The van der Waals surface area contributed by atoms with Crippen LogP contribution in [-0.2, 0) is 17.8 Å². The predicted octanol–water partition coefficient (Wildman–Crippen LogP) is 8.72. The molecular weight excluding hydrogens is 567 g/mol. The summed E-state index contributed by atoms with van der Waals surface area (Å²) >= 11 is 0. The molecule has 1 unspecified atom stereocenters. The van der Waals surface area contributed by atoms with E-state index in [9.17, 15) is 9.90 Å². The summed E-state index contributed by atoms with van der Waals surface area (Å²) in [6.45, 7) is 11.7. The van der Waals surface area contributed by atoms with Crippen molar-refractivity contribution in [3.05, 3.63) is 76.7 Å². The molecule has 3 aromatic rings. The summed E-state index contributed by atoms with van der Waals surface area (Å²) < 4.78 is 27.4. The third-order valence-corrected chi connectivity index (χ3v) is 10.7. The van der Waals surface area contributed by atoms with Crippen molar-refractivity contribution in [2.75, 3.05) is 7.11 Å². The number of methoxy groups -OCH3 is 1. The quantitative estimate of drug-likeness (QED) is 0.260. The summed E-state index contributed by atoms with van der Waals surface area (Å²) in [5, 5.41) is 9.81. The van der Waals surface area contributed by atoms with Crippen LogP contribution in [0.2, 0.25) is 0 Å². The number of benzene rings is 2. The monoisotopic (exact) mass is 614 g/mol. The molecule has 6 nitrogen and oxygen atoms in total. The van der Waals surface area contributed by atoms with Crippen molar-refractivity contribution >= 4 is 5.97 Å². The average molecular weight is 615 g/mol. The van der Waals surface area contributed by atoms with Crippen LogP contribution in [-0.4, -0.2) is 39.1 Å². The third-order valence-electron chi connectivity index (χ3n) is 10.7. The Balaban J connectivity index is 1.37. The Bertz CT molecular complexity index is 1560. The van der Waals surface area contributed by atoms with Crippen molar-refractivity contribution in [3.63, 3.8) is 0 Å². The van der Waals surface area contributed by atoms with Gasteiger partial charge in [0.1, 0.15) is 17.7 Å². The number of carboxylic acid groups (broad SMARTS) is 1. The smallest absolute Gasteiger partial charge is 0.306 e. The zero-order valence-electron chi connectivity index (χ0n) is 27.5.